The summed E-state index contributed by atoms with van der Waals surface area (Å²) in [7, 11) is -5.26. The van der Waals surface area contributed by atoms with Crippen molar-refractivity contribution in [3.63, 3.8) is 0 Å². The molecule has 13 aromatic rings. The molecule has 142 heavy (non-hydrogen) atoms. The predicted octanol–water partition coefficient (Wildman–Crippen LogP) is 17.9. The van der Waals surface area contributed by atoms with Crippen LogP contribution in [0.25, 0.3) is 0 Å². The van der Waals surface area contributed by atoms with Gasteiger partial charge < -0.3 is 79.3 Å². The molecule has 36 heteroatoms. The number of primary amides is 3. The standard InChI is InChI=1S/C9H12N2O.C9H11NO2.C9H12O3S.C8H9ClO2S.C8H10N2O.C8H10N2.2C8H9NO.C8H11N.C8H10O2S.2C8H10O2.C7H8ClNO2S/c1-7-4-3-5-8(6-7)9(10)11-12-2;1-6-3-4-7(12-2)5-8(6)9(10)11;1-7-4-5-8(12-2)6-9(7)13(3,10)11;1-6-5-7(9)3-4-8(6)12(2,10)11;1-6-3-2-4-7(5-6)8(9)10-11;2*1-6-3-2-4-7(5-6)8(9)10;1-6-4-2-3-5-7(6)8(9)10;1-7-3-2-4-8(5-7)6-9;1-7-5-3-4-6-8(7)11(2,9)10;1-6-3-4-7(10-2)5-8(6)9;1-6-3-4-8(10-2)7(9)5-6;1-5-4-6(8)2-3-7(5)12(9,10)11/h3-6H,1-2H3,(H2,10,11);3-5H,1-2H3,(H2,10,11);4-6H,1-3H3;3-5H,1-2H3;2-5,11H,1H3,(H2,9,10);2-5H,1H3,(H3,9,10);2*2-5H,1H3,(H2,9,10);2-5H,6,9H2,1H3;3-6H,1-2H3;2*3-5,9H,1-2H3;2-4H,1H3,(H2,9,10,11). The zero-order valence-corrected chi connectivity index (χ0v) is 88.3. The number of primary sulfonamides is 1. The molecule has 30 nitrogen and oxygen atoms in total. The normalized spacial score (nSPS) is 10.4. The van der Waals surface area contributed by atoms with Gasteiger partial charge in [-0.2, -0.15) is 0 Å². The van der Waals surface area contributed by atoms with Crippen LogP contribution in [-0.2, 0) is 50.9 Å². The van der Waals surface area contributed by atoms with Crippen molar-refractivity contribution in [1.82, 2.24) is 0 Å². The Morgan fingerprint density at radius 2 is 0.711 bits per heavy atom. The average molecular weight is 2060 g/mol. The number of hydrogen-bond donors (Lipinski definition) is 12. The molecule has 20 N–H and O–H groups in total. The molecule has 0 aliphatic heterocycles. The summed E-state index contributed by atoms with van der Waals surface area (Å²) in [6, 6.07) is 82.4. The van der Waals surface area contributed by atoms with Gasteiger partial charge >= 0.3 is 0 Å². The molecule has 0 aliphatic carbocycles. The number of oxime groups is 2. The molecule has 0 aliphatic rings. The summed E-state index contributed by atoms with van der Waals surface area (Å²) in [5.74, 6) is 2.41. The summed E-state index contributed by atoms with van der Waals surface area (Å²) in [4.78, 5) is 37.8. The molecule has 0 unspecified atom stereocenters. The van der Waals surface area contributed by atoms with Crippen LogP contribution in [0.15, 0.2) is 309 Å². The molecule has 13 aromatic carbocycles. The summed E-state index contributed by atoms with van der Waals surface area (Å²) in [6.45, 7) is 24.9. The van der Waals surface area contributed by atoms with E-state index in [1.165, 1.54) is 75.5 Å². The van der Waals surface area contributed by atoms with Gasteiger partial charge in [-0.15, -0.1) is 0 Å². The number of hydrogen-bond acceptors (Lipinski definition) is 23. The van der Waals surface area contributed by atoms with E-state index in [2.05, 4.69) is 34.2 Å². The highest BCUT2D eigenvalue weighted by Crippen LogP contribution is 2.28. The number of carbonyl (C=O) groups excluding carboxylic acids is 3. The first-order chi connectivity index (χ1) is 66.3. The number of aromatic hydroxyl groups is 2. The molecule has 0 atom stereocenters. The van der Waals surface area contributed by atoms with Gasteiger partial charge in [0.15, 0.2) is 52.7 Å². The Labute approximate surface area is 845 Å². The third kappa shape index (κ3) is 49.3. The number of phenolic OH excluding ortho intramolecular Hbond substituents is 2. The Morgan fingerprint density at radius 1 is 0.338 bits per heavy atom. The van der Waals surface area contributed by atoms with Gasteiger partial charge in [-0.3, -0.25) is 19.8 Å². The van der Waals surface area contributed by atoms with E-state index >= 15 is 0 Å². The fourth-order valence-corrected chi connectivity index (χ4v) is 15.8. The number of amides is 3. The number of sulfone groups is 3. The van der Waals surface area contributed by atoms with E-state index in [1.54, 1.807) is 157 Å². The maximum absolute atomic E-state index is 11.3. The minimum atomic E-state index is -3.61. The average Bonchev–Trinajstić information content (AvgIpc) is 0.821. The number of nitrogens with zero attached hydrogens (tertiary/aromatic N) is 2. The van der Waals surface area contributed by atoms with Gasteiger partial charge in [-0.25, -0.2) is 38.8 Å². The molecule has 0 bridgehead atoms. The summed E-state index contributed by atoms with van der Waals surface area (Å²) in [6.07, 6.45) is 3.59. The quantitative estimate of drug-likeness (QED) is 0.0185. The van der Waals surface area contributed by atoms with Gasteiger partial charge in [-0.1, -0.05) is 213 Å². The lowest BCUT2D eigenvalue weighted by Gasteiger charge is -2.05. The van der Waals surface area contributed by atoms with Crippen molar-refractivity contribution in [3.8, 4) is 34.5 Å². The van der Waals surface area contributed by atoms with Gasteiger partial charge in [-0.05, 0) is 261 Å². The van der Waals surface area contributed by atoms with Crippen molar-refractivity contribution in [1.29, 1.82) is 5.41 Å². The van der Waals surface area contributed by atoms with Crippen molar-refractivity contribution < 1.29 is 87.3 Å². The number of carbonyl (C=O) groups is 3. The Balaban J connectivity index is 0.000000770. The second kappa shape index (κ2) is 63.1. The topological polar surface area (TPSA) is 551 Å². The van der Waals surface area contributed by atoms with E-state index in [9.17, 15) is 48.1 Å². The van der Waals surface area contributed by atoms with E-state index in [0.29, 0.717) is 87.9 Å². The highest BCUT2D eigenvalue weighted by molar-refractivity contribution is 7.91. The molecular formula is C106H131Cl2N11O19S4. The highest BCUT2D eigenvalue weighted by atomic mass is 35.5. The number of ether oxygens (including phenoxy) is 4. The van der Waals surface area contributed by atoms with Crippen LogP contribution < -0.4 is 64.2 Å². The predicted molar refractivity (Wildman–Crippen MR) is 570 cm³/mol. The summed E-state index contributed by atoms with van der Waals surface area (Å²) in [5.41, 5.74) is 54.4. The Hall–Kier alpha value is -14.6. The number of nitrogens with one attached hydrogen (secondary N) is 1. The van der Waals surface area contributed by atoms with Crippen LogP contribution in [0.2, 0.25) is 10.0 Å². The van der Waals surface area contributed by atoms with Crippen LogP contribution in [0.3, 0.4) is 0 Å². The van der Waals surface area contributed by atoms with Gasteiger partial charge in [0.2, 0.25) is 27.7 Å². The van der Waals surface area contributed by atoms with Gasteiger partial charge in [0.05, 0.1) is 48.0 Å². The number of halogens is 2. The number of aryl methyl sites for hydroxylation is 13. The third-order valence-corrected chi connectivity index (χ3v) is 24.3. The molecule has 0 saturated carbocycles. The number of nitrogen functional groups attached to an aromatic ring is 1. The molecule has 0 spiro atoms. The lowest BCUT2D eigenvalue weighted by molar-refractivity contribution is 0.0991. The van der Waals surface area contributed by atoms with Crippen LogP contribution in [-0.4, -0.2) is 139 Å². The smallest absolute Gasteiger partial charge is 0.249 e. The minimum absolute atomic E-state index is 0.118. The Morgan fingerprint density at radius 3 is 1.06 bits per heavy atom. The largest absolute Gasteiger partial charge is 0.508 e. The minimum Gasteiger partial charge on any atom is -0.508 e. The molecule has 0 aromatic heterocycles. The monoisotopic (exact) mass is 2060 g/mol. The fourth-order valence-electron chi connectivity index (χ4n) is 11.7. The van der Waals surface area contributed by atoms with Crippen LogP contribution in [0.4, 0.5) is 0 Å². The summed E-state index contributed by atoms with van der Waals surface area (Å²) in [5, 5.41) is 46.3. The molecule has 13 rings (SSSR count). The number of nitrogens with two attached hydrogens (primary N) is 8. The molecule has 762 valence electrons. The van der Waals surface area contributed by atoms with Gasteiger partial charge in [0.25, 0.3) is 0 Å². The van der Waals surface area contributed by atoms with Crippen molar-refractivity contribution >= 4 is 98.0 Å². The number of amidine groups is 3. The summed E-state index contributed by atoms with van der Waals surface area (Å²) < 4.78 is 108. The van der Waals surface area contributed by atoms with Crippen molar-refractivity contribution in [2.75, 3.05) is 54.3 Å². The van der Waals surface area contributed by atoms with E-state index in [0.717, 1.165) is 72.3 Å². The van der Waals surface area contributed by atoms with Crippen molar-refractivity contribution in [3.05, 3.63) is 400 Å². The van der Waals surface area contributed by atoms with Crippen LogP contribution in [0.1, 0.15) is 126 Å². The van der Waals surface area contributed by atoms with E-state index in [4.69, 9.17) is 108 Å². The third-order valence-electron chi connectivity index (χ3n) is 19.0. The van der Waals surface area contributed by atoms with E-state index in [-0.39, 0.29) is 39.9 Å². The first-order valence-electron chi connectivity index (χ1n) is 42.7. The fraction of sp³-hybridized carbons (Fsp3) is 0.208. The van der Waals surface area contributed by atoms with Crippen molar-refractivity contribution in [2.24, 2.45) is 55.6 Å². The molecule has 0 fully saturated rings. The number of sulfonamides is 1. The first kappa shape index (κ1) is 125. The molecule has 3 amide bonds. The molecule has 0 saturated heterocycles. The second-order valence-corrected chi connectivity index (χ2v) is 39.6. The lowest BCUT2D eigenvalue weighted by atomic mass is 10.1. The lowest BCUT2D eigenvalue weighted by Crippen LogP contribution is -2.13. The highest BCUT2D eigenvalue weighted by Gasteiger charge is 2.15. The maximum Gasteiger partial charge on any atom is 0.249 e. The number of phenols is 2. The van der Waals surface area contributed by atoms with Crippen LogP contribution in [0, 0.1) is 95.4 Å². The van der Waals surface area contributed by atoms with Crippen LogP contribution >= 0.6 is 23.2 Å². The summed E-state index contributed by atoms with van der Waals surface area (Å²) >= 11 is 11.3. The number of methoxy groups -OCH3 is 4. The van der Waals surface area contributed by atoms with E-state index < -0.39 is 45.4 Å². The molecule has 0 radical (unpaired) electrons. The SMILES string of the molecule is CON=C(N)c1cccc(C)c1.COc1ccc(C)c(C(N)=O)c1.COc1ccc(C)c(O)c1.COc1ccc(C)c(S(C)(=O)=O)c1.COc1ccc(C)cc1O.Cc1cc(Cl)ccc1S(C)(=O)=O.Cc1cc(Cl)ccc1S(N)(=O)=O.Cc1cccc(C(=N)N)c1.Cc1cccc(C(N)=NO)c1.Cc1cccc(C(N)=O)c1.Cc1cccc(CN)c1.Cc1ccccc1C(N)=O.Cc1ccccc1S(C)(=O)=O. The second-order valence-electron chi connectivity index (χ2n) is 31.2. The maximum atomic E-state index is 11.3. The zero-order chi connectivity index (χ0) is 108. The molecular weight excluding hydrogens is 1930 g/mol. The van der Waals surface area contributed by atoms with Crippen molar-refractivity contribution in [2.45, 2.75) is 116 Å². The zero-order valence-electron chi connectivity index (χ0n) is 83.5. The number of benzene rings is 13. The first-order valence-corrected chi connectivity index (χ1v) is 50.6. The Bertz CT molecular complexity index is 6740. The Kier molecular flexibility index (Phi) is 55.8. The van der Waals surface area contributed by atoms with Gasteiger partial charge in [0, 0.05) is 74.8 Å². The van der Waals surface area contributed by atoms with Crippen LogP contribution in [0.5, 0.6) is 34.5 Å². The van der Waals surface area contributed by atoms with E-state index in [1.807, 2.05) is 183 Å². The van der Waals surface area contributed by atoms with Gasteiger partial charge in [0.1, 0.15) is 35.9 Å². The number of rotatable bonds is 16. The molecule has 0 heterocycles.